The molecule has 0 aromatic heterocycles. The first-order chi connectivity index (χ1) is 12.2. The van der Waals surface area contributed by atoms with E-state index in [0.29, 0.717) is 17.6 Å². The van der Waals surface area contributed by atoms with E-state index in [1.165, 1.54) is 6.42 Å². The normalized spacial score (nSPS) is 22.4. The Bertz CT molecular complexity index is 626. The van der Waals surface area contributed by atoms with E-state index >= 15 is 0 Å². The van der Waals surface area contributed by atoms with Gasteiger partial charge in [-0.3, -0.25) is 9.89 Å². The summed E-state index contributed by atoms with van der Waals surface area (Å²) in [5, 5.41) is 4.13. The summed E-state index contributed by atoms with van der Waals surface area (Å²) < 4.78 is 5.92. The van der Waals surface area contributed by atoms with Crippen LogP contribution in [0.5, 0.6) is 5.75 Å². The third-order valence-corrected chi connectivity index (χ3v) is 4.95. The number of benzene rings is 1. The van der Waals surface area contributed by atoms with Gasteiger partial charge in [-0.1, -0.05) is 29.8 Å². The summed E-state index contributed by atoms with van der Waals surface area (Å²) in [4.78, 5) is 9.31. The van der Waals surface area contributed by atoms with Gasteiger partial charge in [0.15, 0.2) is 5.96 Å². The van der Waals surface area contributed by atoms with Gasteiger partial charge in [0.25, 0.3) is 0 Å². The molecule has 1 N–H and O–H groups in total. The molecule has 6 heteroatoms. The van der Waals surface area contributed by atoms with Crippen LogP contribution in [0.15, 0.2) is 41.4 Å². The average molecular weight is 363 g/mol. The molecule has 0 spiro atoms. The Morgan fingerprint density at radius 1 is 1.40 bits per heavy atom. The van der Waals surface area contributed by atoms with Gasteiger partial charge in [0, 0.05) is 44.3 Å². The molecule has 2 aliphatic heterocycles. The summed E-state index contributed by atoms with van der Waals surface area (Å²) in [7, 11) is 1.84. The van der Waals surface area contributed by atoms with Crippen LogP contribution in [0.2, 0.25) is 5.02 Å². The minimum atomic E-state index is 0.0244. The predicted molar refractivity (Wildman–Crippen MR) is 104 cm³/mol. The summed E-state index contributed by atoms with van der Waals surface area (Å²) in [6.07, 6.45) is 5.72. The molecule has 0 bridgehead atoms. The minimum absolute atomic E-state index is 0.0244. The summed E-state index contributed by atoms with van der Waals surface area (Å²) in [5.74, 6) is 1.75. The average Bonchev–Trinajstić information content (AvgIpc) is 3.27. The Hall–Kier alpha value is -1.72. The van der Waals surface area contributed by atoms with Crippen molar-refractivity contribution in [2.75, 3.05) is 39.8 Å². The Kier molecular flexibility index (Phi) is 6.21. The molecule has 0 amide bonds. The van der Waals surface area contributed by atoms with Crippen molar-refractivity contribution in [2.45, 2.75) is 25.5 Å². The van der Waals surface area contributed by atoms with Crippen molar-refractivity contribution in [1.82, 2.24) is 15.1 Å². The predicted octanol–water partition coefficient (Wildman–Crippen LogP) is 2.63. The second kappa shape index (κ2) is 8.59. The number of halogens is 1. The molecule has 1 fully saturated rings. The molecular weight excluding hydrogens is 336 g/mol. The van der Waals surface area contributed by atoms with Crippen molar-refractivity contribution in [1.29, 1.82) is 0 Å². The molecule has 1 aromatic carbocycles. The van der Waals surface area contributed by atoms with E-state index in [0.717, 1.165) is 37.9 Å². The van der Waals surface area contributed by atoms with Crippen molar-refractivity contribution in [3.63, 3.8) is 0 Å². The van der Waals surface area contributed by atoms with Crippen LogP contribution in [0.1, 0.15) is 13.3 Å². The Labute approximate surface area is 155 Å². The van der Waals surface area contributed by atoms with E-state index in [-0.39, 0.29) is 6.10 Å². The van der Waals surface area contributed by atoms with E-state index in [1.54, 1.807) is 0 Å². The molecule has 0 radical (unpaired) electrons. The zero-order valence-corrected chi connectivity index (χ0v) is 15.7. The molecule has 0 saturated carbocycles. The zero-order valence-electron chi connectivity index (χ0n) is 15.0. The van der Waals surface area contributed by atoms with Crippen LogP contribution >= 0.6 is 11.6 Å². The van der Waals surface area contributed by atoms with Crippen LogP contribution in [-0.2, 0) is 0 Å². The van der Waals surface area contributed by atoms with Crippen LogP contribution in [0, 0.1) is 0 Å². The standard InChI is InChI=1S/C19H27ClN4O/c1-15(25-18-7-5-6-16(20)12-18)13-22-19(21-2)24-11-8-17(14-24)23-9-3-4-10-23/h3-7,12,15,17H,8-11,13-14H2,1-2H3,(H,21,22). The maximum absolute atomic E-state index is 6.00. The van der Waals surface area contributed by atoms with Gasteiger partial charge in [-0.2, -0.15) is 0 Å². The molecule has 2 atom stereocenters. The van der Waals surface area contributed by atoms with Crippen molar-refractivity contribution >= 4 is 17.6 Å². The third-order valence-electron chi connectivity index (χ3n) is 4.72. The van der Waals surface area contributed by atoms with E-state index in [1.807, 2.05) is 38.2 Å². The van der Waals surface area contributed by atoms with Gasteiger partial charge < -0.3 is 15.0 Å². The fraction of sp³-hybridized carbons (Fsp3) is 0.526. The fourth-order valence-electron chi connectivity index (χ4n) is 3.41. The lowest BCUT2D eigenvalue weighted by molar-refractivity contribution is 0.222. The van der Waals surface area contributed by atoms with Crippen LogP contribution in [0.25, 0.3) is 0 Å². The lowest BCUT2D eigenvalue weighted by Crippen LogP contribution is -2.45. The molecular formula is C19H27ClN4O. The molecule has 2 unspecified atom stereocenters. The lowest BCUT2D eigenvalue weighted by Gasteiger charge is -2.26. The number of likely N-dealkylation sites (tertiary alicyclic amines) is 1. The molecule has 3 rings (SSSR count). The maximum Gasteiger partial charge on any atom is 0.193 e. The van der Waals surface area contributed by atoms with Crippen molar-refractivity contribution in [3.8, 4) is 5.75 Å². The molecule has 136 valence electrons. The number of rotatable bonds is 5. The van der Waals surface area contributed by atoms with Crippen LogP contribution in [0.4, 0.5) is 0 Å². The van der Waals surface area contributed by atoms with Gasteiger partial charge in [-0.05, 0) is 31.5 Å². The number of ether oxygens (including phenoxy) is 1. The summed E-state index contributed by atoms with van der Waals surface area (Å²) in [6, 6.07) is 8.12. The fourth-order valence-corrected chi connectivity index (χ4v) is 3.59. The first kappa shape index (κ1) is 18.1. The molecule has 2 aliphatic rings. The van der Waals surface area contributed by atoms with Crippen LogP contribution < -0.4 is 10.1 Å². The maximum atomic E-state index is 6.00. The van der Waals surface area contributed by atoms with Crippen molar-refractivity contribution in [3.05, 3.63) is 41.4 Å². The monoisotopic (exact) mass is 362 g/mol. The van der Waals surface area contributed by atoms with Crippen molar-refractivity contribution in [2.24, 2.45) is 4.99 Å². The van der Waals surface area contributed by atoms with Gasteiger partial charge in [0.05, 0.1) is 6.54 Å². The highest BCUT2D eigenvalue weighted by molar-refractivity contribution is 6.30. The first-order valence-electron chi connectivity index (χ1n) is 8.92. The highest BCUT2D eigenvalue weighted by Gasteiger charge is 2.29. The van der Waals surface area contributed by atoms with E-state index in [2.05, 4.69) is 32.3 Å². The van der Waals surface area contributed by atoms with Gasteiger partial charge in [-0.15, -0.1) is 0 Å². The topological polar surface area (TPSA) is 40.1 Å². The number of hydrogen-bond acceptors (Lipinski definition) is 3. The van der Waals surface area contributed by atoms with Gasteiger partial charge in [0.2, 0.25) is 0 Å². The number of guanidine groups is 1. The third kappa shape index (κ3) is 4.89. The van der Waals surface area contributed by atoms with Gasteiger partial charge >= 0.3 is 0 Å². The molecule has 25 heavy (non-hydrogen) atoms. The van der Waals surface area contributed by atoms with E-state index in [9.17, 15) is 0 Å². The van der Waals surface area contributed by atoms with Gasteiger partial charge in [0.1, 0.15) is 11.9 Å². The lowest BCUT2D eigenvalue weighted by atomic mass is 10.2. The van der Waals surface area contributed by atoms with E-state index < -0.39 is 0 Å². The first-order valence-corrected chi connectivity index (χ1v) is 9.30. The Morgan fingerprint density at radius 2 is 2.20 bits per heavy atom. The van der Waals surface area contributed by atoms with Crippen molar-refractivity contribution < 1.29 is 4.74 Å². The van der Waals surface area contributed by atoms with Gasteiger partial charge in [-0.25, -0.2) is 0 Å². The Balaban J connectivity index is 1.46. The molecule has 2 heterocycles. The Morgan fingerprint density at radius 3 is 2.92 bits per heavy atom. The number of nitrogens with one attached hydrogen (secondary N) is 1. The summed E-state index contributed by atoms with van der Waals surface area (Å²) in [6.45, 7) is 6.98. The van der Waals surface area contributed by atoms with E-state index in [4.69, 9.17) is 16.3 Å². The molecule has 1 aromatic rings. The number of aliphatic imine (C=N–C) groups is 1. The number of hydrogen-bond donors (Lipinski definition) is 1. The number of nitrogens with zero attached hydrogens (tertiary/aromatic N) is 3. The quantitative estimate of drug-likeness (QED) is 0.496. The zero-order chi connectivity index (χ0) is 17.6. The molecule has 1 saturated heterocycles. The summed E-state index contributed by atoms with van der Waals surface area (Å²) >= 11 is 6.00. The SMILES string of the molecule is CN=C(NCC(C)Oc1cccc(Cl)c1)N1CCC(N2CC=CC2)C1. The van der Waals surface area contributed by atoms with Crippen LogP contribution in [-0.4, -0.2) is 67.7 Å². The molecule has 5 nitrogen and oxygen atoms in total. The smallest absolute Gasteiger partial charge is 0.193 e. The highest BCUT2D eigenvalue weighted by atomic mass is 35.5. The second-order valence-electron chi connectivity index (χ2n) is 6.63. The largest absolute Gasteiger partial charge is 0.489 e. The highest BCUT2D eigenvalue weighted by Crippen LogP contribution is 2.19. The molecule has 0 aliphatic carbocycles. The minimum Gasteiger partial charge on any atom is -0.489 e. The summed E-state index contributed by atoms with van der Waals surface area (Å²) in [5.41, 5.74) is 0. The second-order valence-corrected chi connectivity index (χ2v) is 7.06. The van der Waals surface area contributed by atoms with Crippen LogP contribution in [0.3, 0.4) is 0 Å².